The Bertz CT molecular complexity index is 1560. The number of cyclic esters (lactones) is 1. The Kier molecular flexibility index (Phi) is 9.93. The van der Waals surface area contributed by atoms with Crippen LogP contribution in [0.15, 0.2) is 83.3 Å². The van der Waals surface area contributed by atoms with E-state index in [2.05, 4.69) is 4.98 Å². The van der Waals surface area contributed by atoms with Crippen molar-refractivity contribution in [2.75, 3.05) is 26.9 Å². The second kappa shape index (κ2) is 14.2. The fraction of sp³-hybridized carbons (Fsp3) is 0.324. The number of methoxy groups -OCH3 is 1. The fourth-order valence-corrected chi connectivity index (χ4v) is 5.20. The highest BCUT2D eigenvalue weighted by molar-refractivity contribution is 5.96. The molecule has 0 saturated carbocycles. The number of carbonyl (C=O) groups is 2. The molecule has 0 bridgehead atoms. The van der Waals surface area contributed by atoms with Crippen molar-refractivity contribution in [2.24, 2.45) is 0 Å². The van der Waals surface area contributed by atoms with Crippen LogP contribution in [0.25, 0.3) is 11.5 Å². The Labute approximate surface area is 256 Å². The maximum absolute atomic E-state index is 13.7. The summed E-state index contributed by atoms with van der Waals surface area (Å²) in [4.78, 5) is 32.0. The average Bonchev–Trinajstić information content (AvgIpc) is 3.61. The number of aliphatic hydroxyl groups excluding tert-OH is 1. The number of nitrogens with zero attached hydrogens (tertiary/aromatic N) is 2. The zero-order valence-corrected chi connectivity index (χ0v) is 25.0. The normalized spacial score (nSPS) is 16.0. The molecule has 0 aliphatic carbocycles. The van der Waals surface area contributed by atoms with Crippen LogP contribution in [-0.2, 0) is 27.1 Å². The molecule has 1 aliphatic rings. The van der Waals surface area contributed by atoms with Crippen LogP contribution in [0.5, 0.6) is 11.5 Å². The second-order valence-electron chi connectivity index (χ2n) is 10.3. The number of ether oxygens (including phenoxy) is 4. The van der Waals surface area contributed by atoms with Gasteiger partial charge in [-0.05, 0) is 50.1 Å². The second-order valence-corrected chi connectivity index (χ2v) is 10.3. The number of amides is 2. The molecule has 1 unspecified atom stereocenters. The molecule has 230 valence electrons. The highest BCUT2D eigenvalue weighted by atomic mass is 16.6. The number of carbonyl (C=O) groups excluding carboxylic acids is 2. The summed E-state index contributed by atoms with van der Waals surface area (Å²) in [7, 11) is 1.46. The molecule has 44 heavy (non-hydrogen) atoms. The predicted molar refractivity (Wildman–Crippen MR) is 161 cm³/mol. The van der Waals surface area contributed by atoms with Gasteiger partial charge in [-0.25, -0.2) is 14.7 Å². The highest BCUT2D eigenvalue weighted by Crippen LogP contribution is 2.34. The Hall–Kier alpha value is -4.67. The van der Waals surface area contributed by atoms with Crippen LogP contribution >= 0.6 is 0 Å². The third-order valence-corrected chi connectivity index (χ3v) is 7.43. The minimum Gasteiger partial charge on any atom is -0.496 e. The number of aromatic nitrogens is 1. The van der Waals surface area contributed by atoms with Crippen molar-refractivity contribution in [1.82, 2.24) is 9.88 Å². The van der Waals surface area contributed by atoms with Gasteiger partial charge in [-0.15, -0.1) is 0 Å². The number of imide groups is 1. The lowest BCUT2D eigenvalue weighted by molar-refractivity contribution is -0.149. The number of rotatable bonds is 13. The molecule has 1 aromatic heterocycles. The third kappa shape index (κ3) is 6.93. The zero-order chi connectivity index (χ0) is 31.1. The molecule has 2 heterocycles. The SMILES string of the molecule is CCO[C@H](C(=O)N1C(=O)OCC1Cc1ccccc1)[C@H](O)c1ccc(OCCc2nc(-c3ccccc3)oc2C)cc1OC. The largest absolute Gasteiger partial charge is 0.496 e. The first-order chi connectivity index (χ1) is 21.4. The molecule has 0 radical (unpaired) electrons. The molecule has 3 atom stereocenters. The number of hydrogen-bond donors (Lipinski definition) is 1. The van der Waals surface area contributed by atoms with Gasteiger partial charge in [0.15, 0.2) is 6.10 Å². The van der Waals surface area contributed by atoms with Gasteiger partial charge in [0, 0.05) is 30.2 Å². The first kappa shape index (κ1) is 30.8. The maximum Gasteiger partial charge on any atom is 0.417 e. The average molecular weight is 601 g/mol. The summed E-state index contributed by atoms with van der Waals surface area (Å²) in [6.45, 7) is 4.11. The summed E-state index contributed by atoms with van der Waals surface area (Å²) in [5.41, 5.74) is 2.97. The van der Waals surface area contributed by atoms with Gasteiger partial charge >= 0.3 is 6.09 Å². The van der Waals surface area contributed by atoms with Crippen molar-refractivity contribution in [3.63, 3.8) is 0 Å². The van der Waals surface area contributed by atoms with E-state index in [9.17, 15) is 14.7 Å². The molecule has 1 aliphatic heterocycles. The first-order valence-corrected chi connectivity index (χ1v) is 14.6. The van der Waals surface area contributed by atoms with Gasteiger partial charge in [-0.1, -0.05) is 48.5 Å². The molecular weight excluding hydrogens is 564 g/mol. The van der Waals surface area contributed by atoms with Gasteiger partial charge in [0.2, 0.25) is 5.89 Å². The van der Waals surface area contributed by atoms with Crippen molar-refractivity contribution in [3.05, 3.63) is 101 Å². The Morgan fingerprint density at radius 1 is 1.09 bits per heavy atom. The quantitative estimate of drug-likeness (QED) is 0.218. The number of aryl methyl sites for hydroxylation is 1. The third-order valence-electron chi connectivity index (χ3n) is 7.43. The minimum atomic E-state index is -1.42. The van der Waals surface area contributed by atoms with Crippen LogP contribution in [0.4, 0.5) is 4.79 Å². The van der Waals surface area contributed by atoms with E-state index < -0.39 is 30.3 Å². The molecule has 1 saturated heterocycles. The standard InChI is InChI=1S/C34H36N2O8/c1-4-41-31(33(38)36-25(21-43-34(36)39)19-23-11-7-5-8-12-23)30(37)27-16-15-26(20-29(27)40-3)42-18-17-28-22(2)44-32(35-28)24-13-9-6-10-14-24/h5-16,20,25,30-31,37H,4,17-19,21H2,1-3H3/t25?,30-,31+/m1/s1. The lowest BCUT2D eigenvalue weighted by Crippen LogP contribution is -2.48. The lowest BCUT2D eigenvalue weighted by atomic mass is 10.00. The van der Waals surface area contributed by atoms with Gasteiger partial charge in [-0.2, -0.15) is 0 Å². The van der Waals surface area contributed by atoms with Crippen LogP contribution in [0.1, 0.15) is 35.6 Å². The van der Waals surface area contributed by atoms with Crippen LogP contribution in [0, 0.1) is 6.92 Å². The summed E-state index contributed by atoms with van der Waals surface area (Å²) in [5, 5.41) is 11.4. The number of oxazole rings is 1. The number of benzene rings is 3. The van der Waals surface area contributed by atoms with E-state index in [1.165, 1.54) is 7.11 Å². The van der Waals surface area contributed by atoms with Crippen LogP contribution < -0.4 is 9.47 Å². The molecule has 0 spiro atoms. The summed E-state index contributed by atoms with van der Waals surface area (Å²) >= 11 is 0. The van der Waals surface area contributed by atoms with E-state index in [1.54, 1.807) is 25.1 Å². The van der Waals surface area contributed by atoms with E-state index in [4.69, 9.17) is 23.4 Å². The summed E-state index contributed by atoms with van der Waals surface area (Å²) in [6, 6.07) is 23.6. The highest BCUT2D eigenvalue weighted by Gasteiger charge is 2.44. The van der Waals surface area contributed by atoms with Crippen molar-refractivity contribution < 1.29 is 38.1 Å². The van der Waals surface area contributed by atoms with Crippen molar-refractivity contribution in [3.8, 4) is 23.0 Å². The van der Waals surface area contributed by atoms with Gasteiger partial charge in [0.05, 0.1) is 25.5 Å². The molecule has 1 N–H and O–H groups in total. The Morgan fingerprint density at radius 2 is 1.82 bits per heavy atom. The Balaban J connectivity index is 1.27. The molecule has 4 aromatic rings. The van der Waals surface area contributed by atoms with Crippen molar-refractivity contribution >= 4 is 12.0 Å². The first-order valence-electron chi connectivity index (χ1n) is 14.6. The molecule has 10 heteroatoms. The maximum atomic E-state index is 13.7. The lowest BCUT2D eigenvalue weighted by Gasteiger charge is -2.28. The summed E-state index contributed by atoms with van der Waals surface area (Å²) in [6.07, 6.45) is -2.61. The van der Waals surface area contributed by atoms with E-state index in [0.717, 1.165) is 27.5 Å². The monoisotopic (exact) mass is 600 g/mol. The minimum absolute atomic E-state index is 0.0607. The van der Waals surface area contributed by atoms with E-state index in [-0.39, 0.29) is 13.2 Å². The molecule has 10 nitrogen and oxygen atoms in total. The van der Waals surface area contributed by atoms with Gasteiger partial charge in [0.1, 0.15) is 30.0 Å². The van der Waals surface area contributed by atoms with Gasteiger partial charge in [0.25, 0.3) is 5.91 Å². The molecule has 3 aromatic carbocycles. The zero-order valence-electron chi connectivity index (χ0n) is 25.0. The van der Waals surface area contributed by atoms with Gasteiger partial charge in [-0.3, -0.25) is 4.79 Å². The molecule has 2 amide bonds. The van der Waals surface area contributed by atoms with E-state index >= 15 is 0 Å². The van der Waals surface area contributed by atoms with Crippen LogP contribution in [0.2, 0.25) is 0 Å². The number of aliphatic hydroxyl groups is 1. The van der Waals surface area contributed by atoms with Crippen LogP contribution in [-0.4, -0.2) is 66.1 Å². The van der Waals surface area contributed by atoms with Crippen LogP contribution in [0.3, 0.4) is 0 Å². The topological polar surface area (TPSA) is 121 Å². The molecule has 1 fully saturated rings. The van der Waals surface area contributed by atoms with Crippen molar-refractivity contribution in [1.29, 1.82) is 0 Å². The van der Waals surface area contributed by atoms with E-state index in [1.807, 2.05) is 67.6 Å². The Morgan fingerprint density at radius 3 is 2.52 bits per heavy atom. The predicted octanol–water partition coefficient (Wildman–Crippen LogP) is 5.31. The summed E-state index contributed by atoms with van der Waals surface area (Å²) in [5.74, 6) is 1.42. The molecular formula is C34H36N2O8. The molecule has 5 rings (SSSR count). The fourth-order valence-electron chi connectivity index (χ4n) is 5.20. The smallest absolute Gasteiger partial charge is 0.417 e. The van der Waals surface area contributed by atoms with E-state index in [0.29, 0.717) is 42.4 Å². The van der Waals surface area contributed by atoms with Crippen molar-refractivity contribution in [2.45, 2.75) is 44.9 Å². The number of hydrogen-bond acceptors (Lipinski definition) is 9. The summed E-state index contributed by atoms with van der Waals surface area (Å²) < 4.78 is 28.3. The van der Waals surface area contributed by atoms with Gasteiger partial charge < -0.3 is 28.5 Å².